The van der Waals surface area contributed by atoms with Crippen LogP contribution in [-0.2, 0) is 4.79 Å². The maximum atomic E-state index is 12.8. The average Bonchev–Trinajstić information content (AvgIpc) is 3.12. The van der Waals surface area contributed by atoms with Gasteiger partial charge >= 0.3 is 0 Å². The molecule has 2 unspecified atom stereocenters. The molecule has 0 aliphatic carbocycles. The highest BCUT2D eigenvalue weighted by molar-refractivity contribution is 6.42. The highest BCUT2D eigenvalue weighted by Gasteiger charge is 2.34. The summed E-state index contributed by atoms with van der Waals surface area (Å²) in [5.74, 6) is 0.332. The number of carbonyl (C=O) groups excluding carboxylic acids is 2. The number of nitrogens with two attached hydrogens (primary N) is 1. The summed E-state index contributed by atoms with van der Waals surface area (Å²) < 4.78 is 0. The van der Waals surface area contributed by atoms with Crippen LogP contribution < -0.4 is 5.73 Å². The van der Waals surface area contributed by atoms with E-state index in [-0.39, 0.29) is 30.1 Å². The van der Waals surface area contributed by atoms with Gasteiger partial charge in [0.1, 0.15) is 0 Å². The fourth-order valence-electron chi connectivity index (χ4n) is 3.66. The third kappa shape index (κ3) is 4.63. The second-order valence-electron chi connectivity index (χ2n) is 6.89. The van der Waals surface area contributed by atoms with Crippen molar-refractivity contribution >= 4 is 47.4 Å². The molecule has 2 amide bonds. The summed E-state index contributed by atoms with van der Waals surface area (Å²) in [4.78, 5) is 29.2. The molecule has 2 saturated heterocycles. The number of piperidine rings is 1. The van der Waals surface area contributed by atoms with Crippen LogP contribution in [0, 0.1) is 11.8 Å². The molecule has 8 heteroatoms. The number of halogens is 3. The summed E-state index contributed by atoms with van der Waals surface area (Å²) in [6.07, 6.45) is 2.63. The Balaban J connectivity index is 0.00000243. The zero-order chi connectivity index (χ0) is 18.0. The van der Waals surface area contributed by atoms with E-state index in [1.54, 1.807) is 23.1 Å². The van der Waals surface area contributed by atoms with Crippen molar-refractivity contribution in [2.24, 2.45) is 17.6 Å². The van der Waals surface area contributed by atoms with Gasteiger partial charge in [0.15, 0.2) is 0 Å². The molecule has 0 bridgehead atoms. The standard InChI is InChI=1S/C18H23Cl2N3O2.ClH/c19-15-4-3-13(8-16(15)20)17(24)22-6-1-2-14(11-22)18(25)23-7-5-12(9-21)10-23;/h3-4,8,12,14H,1-2,5-7,9-11,21H2;1H. The van der Waals surface area contributed by atoms with Crippen molar-refractivity contribution in [3.63, 3.8) is 0 Å². The molecule has 5 nitrogen and oxygen atoms in total. The molecular weight excluding hydrogens is 397 g/mol. The largest absolute Gasteiger partial charge is 0.342 e. The number of hydrogen-bond donors (Lipinski definition) is 1. The average molecular weight is 421 g/mol. The number of carbonyl (C=O) groups is 2. The van der Waals surface area contributed by atoms with Crippen molar-refractivity contribution in [3.8, 4) is 0 Å². The number of nitrogens with zero attached hydrogens (tertiary/aromatic N) is 2. The molecule has 144 valence electrons. The van der Waals surface area contributed by atoms with Crippen LogP contribution in [0.4, 0.5) is 0 Å². The van der Waals surface area contributed by atoms with Gasteiger partial charge < -0.3 is 15.5 Å². The van der Waals surface area contributed by atoms with E-state index in [1.165, 1.54) is 0 Å². The molecule has 0 saturated carbocycles. The molecule has 2 N–H and O–H groups in total. The molecule has 2 fully saturated rings. The molecule has 0 radical (unpaired) electrons. The number of rotatable bonds is 3. The molecule has 0 aromatic heterocycles. The second kappa shape index (κ2) is 9.27. The summed E-state index contributed by atoms with van der Waals surface area (Å²) >= 11 is 11.9. The molecule has 0 spiro atoms. The van der Waals surface area contributed by atoms with Gasteiger partial charge in [0, 0.05) is 31.7 Å². The first-order valence-corrected chi connectivity index (χ1v) is 9.48. The van der Waals surface area contributed by atoms with Gasteiger partial charge in [0.25, 0.3) is 5.91 Å². The number of amides is 2. The first-order valence-electron chi connectivity index (χ1n) is 8.72. The number of likely N-dealkylation sites (tertiary alicyclic amines) is 2. The highest BCUT2D eigenvalue weighted by Crippen LogP contribution is 2.26. The van der Waals surface area contributed by atoms with Gasteiger partial charge in [-0.3, -0.25) is 9.59 Å². The van der Waals surface area contributed by atoms with Crippen molar-refractivity contribution < 1.29 is 9.59 Å². The zero-order valence-corrected chi connectivity index (χ0v) is 16.8. The third-order valence-electron chi connectivity index (χ3n) is 5.16. The minimum atomic E-state index is -0.128. The summed E-state index contributed by atoms with van der Waals surface area (Å²) in [6.45, 7) is 3.26. The van der Waals surface area contributed by atoms with E-state index in [2.05, 4.69) is 0 Å². The van der Waals surface area contributed by atoms with Gasteiger partial charge in [-0.2, -0.15) is 0 Å². The maximum Gasteiger partial charge on any atom is 0.253 e. The fourth-order valence-corrected chi connectivity index (χ4v) is 3.96. The number of hydrogen-bond acceptors (Lipinski definition) is 3. The molecular formula is C18H24Cl3N3O2. The fraction of sp³-hybridized carbons (Fsp3) is 0.556. The van der Waals surface area contributed by atoms with Crippen LogP contribution in [0.5, 0.6) is 0 Å². The topological polar surface area (TPSA) is 66.6 Å². The van der Waals surface area contributed by atoms with Crippen LogP contribution in [0.15, 0.2) is 18.2 Å². The minimum Gasteiger partial charge on any atom is -0.342 e. The van der Waals surface area contributed by atoms with Gasteiger partial charge in [-0.05, 0) is 49.9 Å². The van der Waals surface area contributed by atoms with Crippen molar-refractivity contribution in [2.75, 3.05) is 32.7 Å². The molecule has 1 aromatic rings. The lowest BCUT2D eigenvalue weighted by Gasteiger charge is -2.34. The van der Waals surface area contributed by atoms with E-state index in [9.17, 15) is 9.59 Å². The number of benzene rings is 1. The highest BCUT2D eigenvalue weighted by atomic mass is 35.5. The van der Waals surface area contributed by atoms with E-state index in [0.717, 1.165) is 32.4 Å². The molecule has 26 heavy (non-hydrogen) atoms. The Morgan fingerprint density at radius 3 is 2.50 bits per heavy atom. The van der Waals surface area contributed by atoms with E-state index in [1.807, 2.05) is 4.90 Å². The summed E-state index contributed by atoms with van der Waals surface area (Å²) in [6, 6.07) is 4.89. The lowest BCUT2D eigenvalue weighted by Crippen LogP contribution is -2.46. The van der Waals surface area contributed by atoms with Gasteiger partial charge in [0.2, 0.25) is 5.91 Å². The molecule has 2 aliphatic rings. The SMILES string of the molecule is Cl.NCC1CCN(C(=O)C2CCCN(C(=O)c3ccc(Cl)c(Cl)c3)C2)C1. The van der Waals surface area contributed by atoms with Crippen LogP contribution in [-0.4, -0.2) is 54.3 Å². The van der Waals surface area contributed by atoms with Gasteiger partial charge in [-0.15, -0.1) is 12.4 Å². The minimum absolute atomic E-state index is 0. The normalized spacial score (nSPS) is 22.9. The first-order chi connectivity index (χ1) is 12.0. The van der Waals surface area contributed by atoms with E-state index in [4.69, 9.17) is 28.9 Å². The maximum absolute atomic E-state index is 12.8. The predicted molar refractivity (Wildman–Crippen MR) is 106 cm³/mol. The predicted octanol–water partition coefficient (Wildman–Crippen LogP) is 3.07. The van der Waals surface area contributed by atoms with Crippen LogP contribution >= 0.6 is 35.6 Å². The van der Waals surface area contributed by atoms with Crippen molar-refractivity contribution in [2.45, 2.75) is 19.3 Å². The van der Waals surface area contributed by atoms with Crippen molar-refractivity contribution in [3.05, 3.63) is 33.8 Å². The quantitative estimate of drug-likeness (QED) is 0.817. The first kappa shape index (κ1) is 21.3. The van der Waals surface area contributed by atoms with Gasteiger partial charge in [0.05, 0.1) is 16.0 Å². The smallest absolute Gasteiger partial charge is 0.253 e. The Kier molecular flexibility index (Phi) is 7.59. The zero-order valence-electron chi connectivity index (χ0n) is 14.5. The Labute approximate surface area is 170 Å². The Morgan fingerprint density at radius 2 is 1.85 bits per heavy atom. The molecule has 2 atom stereocenters. The van der Waals surface area contributed by atoms with E-state index < -0.39 is 0 Å². The van der Waals surface area contributed by atoms with Crippen molar-refractivity contribution in [1.82, 2.24) is 9.80 Å². The molecule has 2 heterocycles. The molecule has 3 rings (SSSR count). The summed E-state index contributed by atoms with van der Waals surface area (Å²) in [5.41, 5.74) is 6.22. The monoisotopic (exact) mass is 419 g/mol. The van der Waals surface area contributed by atoms with E-state index in [0.29, 0.717) is 41.2 Å². The van der Waals surface area contributed by atoms with Crippen LogP contribution in [0.2, 0.25) is 10.0 Å². The Bertz CT molecular complexity index is 671. The molecule has 2 aliphatic heterocycles. The summed E-state index contributed by atoms with van der Waals surface area (Å²) in [7, 11) is 0. The lowest BCUT2D eigenvalue weighted by atomic mass is 9.96. The Hall–Kier alpha value is -1.01. The van der Waals surface area contributed by atoms with Crippen LogP contribution in [0.25, 0.3) is 0 Å². The third-order valence-corrected chi connectivity index (χ3v) is 5.89. The van der Waals surface area contributed by atoms with Crippen molar-refractivity contribution in [1.29, 1.82) is 0 Å². The second-order valence-corrected chi connectivity index (χ2v) is 7.71. The molecule has 1 aromatic carbocycles. The lowest BCUT2D eigenvalue weighted by molar-refractivity contribution is -0.136. The summed E-state index contributed by atoms with van der Waals surface area (Å²) in [5, 5.41) is 0.787. The van der Waals surface area contributed by atoms with Gasteiger partial charge in [-0.25, -0.2) is 0 Å². The van der Waals surface area contributed by atoms with E-state index >= 15 is 0 Å². The van der Waals surface area contributed by atoms with Crippen LogP contribution in [0.1, 0.15) is 29.6 Å². The van der Waals surface area contributed by atoms with Gasteiger partial charge in [-0.1, -0.05) is 23.2 Å². The van der Waals surface area contributed by atoms with Crippen LogP contribution in [0.3, 0.4) is 0 Å². The Morgan fingerprint density at radius 1 is 1.08 bits per heavy atom.